The second-order valence-electron chi connectivity index (χ2n) is 5.44. The number of rotatable bonds is 6. The van der Waals surface area contributed by atoms with Crippen LogP contribution in [-0.4, -0.2) is 37.4 Å². The topological polar surface area (TPSA) is 109 Å². The summed E-state index contributed by atoms with van der Waals surface area (Å²) in [4.78, 5) is 0. The average Bonchev–Trinajstić information content (AvgIpc) is 2.44. The molecule has 0 aliphatic carbocycles. The molecule has 0 atom stereocenters. The number of aryl methyl sites for hydroxylation is 3. The van der Waals surface area contributed by atoms with Crippen LogP contribution in [0.1, 0.15) is 16.7 Å². The van der Waals surface area contributed by atoms with Crippen LogP contribution < -0.4 is 0 Å². The van der Waals surface area contributed by atoms with Crippen molar-refractivity contribution in [2.45, 2.75) is 19.8 Å². The molecule has 0 spiro atoms. The predicted molar refractivity (Wildman–Crippen MR) is 88.9 cm³/mol. The second kappa shape index (κ2) is 6.56. The van der Waals surface area contributed by atoms with Crippen molar-refractivity contribution in [2.24, 2.45) is 0 Å². The third-order valence-corrected chi connectivity index (χ3v) is 5.21. The highest BCUT2D eigenvalue weighted by molar-refractivity contribution is 7.86. The monoisotopic (exact) mass is 358 g/mol. The van der Waals surface area contributed by atoms with E-state index >= 15 is 0 Å². The maximum absolute atomic E-state index is 11.0. The quantitative estimate of drug-likeness (QED) is 0.765. The van der Waals surface area contributed by atoms with Gasteiger partial charge in [-0.05, 0) is 47.2 Å². The second-order valence-corrected chi connectivity index (χ2v) is 8.58. The largest absolute Gasteiger partial charge is 0.286 e. The smallest absolute Gasteiger partial charge is 0.265 e. The van der Waals surface area contributed by atoms with Crippen LogP contribution in [0.5, 0.6) is 0 Å². The molecule has 0 radical (unpaired) electrons. The van der Waals surface area contributed by atoms with Crippen molar-refractivity contribution in [1.29, 1.82) is 0 Å². The zero-order valence-corrected chi connectivity index (χ0v) is 14.2. The number of fused-ring (bicyclic) bond motifs is 1. The van der Waals surface area contributed by atoms with Crippen LogP contribution in [0.3, 0.4) is 0 Å². The lowest BCUT2D eigenvalue weighted by atomic mass is 9.93. The first-order chi connectivity index (χ1) is 10.6. The minimum Gasteiger partial charge on any atom is -0.286 e. The van der Waals surface area contributed by atoms with Gasteiger partial charge in [-0.3, -0.25) is 9.11 Å². The zero-order valence-electron chi connectivity index (χ0n) is 12.6. The van der Waals surface area contributed by atoms with Gasteiger partial charge in [-0.25, -0.2) is 0 Å². The van der Waals surface area contributed by atoms with E-state index in [1.165, 1.54) is 0 Å². The molecular weight excluding hydrogens is 340 g/mol. The first-order valence-electron chi connectivity index (χ1n) is 6.97. The SMILES string of the molecule is Cc1c(CCS(=O)(=O)O)cc(CCS(=O)(=O)O)c2ccccc12. The molecule has 23 heavy (non-hydrogen) atoms. The van der Waals surface area contributed by atoms with Crippen LogP contribution in [-0.2, 0) is 33.1 Å². The Balaban J connectivity index is 2.49. The van der Waals surface area contributed by atoms with E-state index in [9.17, 15) is 16.8 Å². The van der Waals surface area contributed by atoms with Gasteiger partial charge in [0.1, 0.15) is 0 Å². The highest BCUT2D eigenvalue weighted by Gasteiger charge is 2.14. The number of hydrogen-bond acceptors (Lipinski definition) is 4. The Hall–Kier alpha value is -1.48. The summed E-state index contributed by atoms with van der Waals surface area (Å²) in [7, 11) is -8.16. The molecule has 0 aliphatic heterocycles. The molecule has 126 valence electrons. The van der Waals surface area contributed by atoms with E-state index in [1.54, 1.807) is 6.07 Å². The molecule has 2 aromatic carbocycles. The summed E-state index contributed by atoms with van der Waals surface area (Å²) in [6.45, 7) is 1.86. The summed E-state index contributed by atoms with van der Waals surface area (Å²) in [5.74, 6) is -0.804. The molecule has 0 bridgehead atoms. The van der Waals surface area contributed by atoms with E-state index in [2.05, 4.69) is 0 Å². The van der Waals surface area contributed by atoms with Crippen molar-refractivity contribution in [1.82, 2.24) is 0 Å². The Morgan fingerprint density at radius 1 is 0.826 bits per heavy atom. The van der Waals surface area contributed by atoms with Crippen molar-refractivity contribution in [3.05, 3.63) is 47.0 Å². The molecule has 2 rings (SSSR count). The highest BCUT2D eigenvalue weighted by atomic mass is 32.2. The molecule has 6 nitrogen and oxygen atoms in total. The summed E-state index contributed by atoms with van der Waals surface area (Å²) < 4.78 is 61.8. The molecule has 0 amide bonds. The zero-order chi connectivity index (χ0) is 17.3. The van der Waals surface area contributed by atoms with Gasteiger partial charge in [-0.2, -0.15) is 16.8 Å². The molecule has 0 aliphatic rings. The maximum atomic E-state index is 11.0. The van der Waals surface area contributed by atoms with Crippen molar-refractivity contribution in [3.63, 3.8) is 0 Å². The van der Waals surface area contributed by atoms with Crippen molar-refractivity contribution in [2.75, 3.05) is 11.5 Å². The van der Waals surface area contributed by atoms with Gasteiger partial charge in [0.05, 0.1) is 11.5 Å². The average molecular weight is 358 g/mol. The van der Waals surface area contributed by atoms with Crippen molar-refractivity contribution in [3.8, 4) is 0 Å². The fraction of sp³-hybridized carbons (Fsp3) is 0.333. The fourth-order valence-corrected chi connectivity index (χ4v) is 3.56. The van der Waals surface area contributed by atoms with Gasteiger partial charge in [-0.1, -0.05) is 30.3 Å². The van der Waals surface area contributed by atoms with E-state index in [-0.39, 0.29) is 12.8 Å². The van der Waals surface area contributed by atoms with Crippen LogP contribution in [0.25, 0.3) is 10.8 Å². The molecule has 0 fully saturated rings. The minimum absolute atomic E-state index is 0.124. The van der Waals surface area contributed by atoms with Gasteiger partial charge in [0.15, 0.2) is 0 Å². The normalized spacial score (nSPS) is 12.7. The van der Waals surface area contributed by atoms with Gasteiger partial charge >= 0.3 is 0 Å². The lowest BCUT2D eigenvalue weighted by Crippen LogP contribution is -2.10. The molecule has 8 heteroatoms. The molecule has 0 saturated carbocycles. The third-order valence-electron chi connectivity index (χ3n) is 3.77. The van der Waals surface area contributed by atoms with Crippen molar-refractivity contribution >= 4 is 31.0 Å². The molecule has 2 aromatic rings. The summed E-state index contributed by atoms with van der Waals surface area (Å²) in [6, 6.07) is 9.14. The molecule has 0 saturated heterocycles. The van der Waals surface area contributed by atoms with Gasteiger partial charge in [0, 0.05) is 0 Å². The van der Waals surface area contributed by atoms with Gasteiger partial charge in [-0.15, -0.1) is 0 Å². The molecule has 0 unspecified atom stereocenters. The van der Waals surface area contributed by atoms with E-state index in [1.807, 2.05) is 31.2 Å². The van der Waals surface area contributed by atoms with E-state index in [0.29, 0.717) is 5.56 Å². The Bertz CT molecular complexity index is 930. The minimum atomic E-state index is -4.09. The van der Waals surface area contributed by atoms with Gasteiger partial charge in [0.25, 0.3) is 20.2 Å². The van der Waals surface area contributed by atoms with Crippen LogP contribution in [0, 0.1) is 6.92 Å². The number of benzene rings is 2. The first-order valence-corrected chi connectivity index (χ1v) is 10.2. The summed E-state index contributed by atoms with van der Waals surface area (Å²) >= 11 is 0. The number of hydrogen-bond donors (Lipinski definition) is 2. The van der Waals surface area contributed by atoms with Crippen molar-refractivity contribution < 1.29 is 25.9 Å². The van der Waals surface area contributed by atoms with E-state index < -0.39 is 31.7 Å². The summed E-state index contributed by atoms with van der Waals surface area (Å²) in [5.41, 5.74) is 2.33. The molecule has 0 heterocycles. The fourth-order valence-electron chi connectivity index (χ4n) is 2.60. The lowest BCUT2D eigenvalue weighted by molar-refractivity contribution is 0.480. The van der Waals surface area contributed by atoms with E-state index in [0.717, 1.165) is 21.9 Å². The maximum Gasteiger partial charge on any atom is 0.265 e. The highest BCUT2D eigenvalue weighted by Crippen LogP contribution is 2.27. The Morgan fingerprint density at radius 2 is 1.30 bits per heavy atom. The first kappa shape index (κ1) is 17.9. The summed E-state index contributed by atoms with van der Waals surface area (Å²) in [6.07, 6.45) is 0.257. The van der Waals surface area contributed by atoms with Crippen LogP contribution in [0.2, 0.25) is 0 Å². The van der Waals surface area contributed by atoms with E-state index in [4.69, 9.17) is 9.11 Å². The van der Waals surface area contributed by atoms with Gasteiger partial charge < -0.3 is 0 Å². The predicted octanol–water partition coefficient (Wildman–Crippen LogP) is 2.01. The van der Waals surface area contributed by atoms with Crippen LogP contribution in [0.15, 0.2) is 30.3 Å². The van der Waals surface area contributed by atoms with Gasteiger partial charge in [0.2, 0.25) is 0 Å². The third kappa shape index (κ3) is 5.00. The Morgan fingerprint density at radius 3 is 1.83 bits per heavy atom. The van der Waals surface area contributed by atoms with Crippen LogP contribution in [0.4, 0.5) is 0 Å². The molecule has 0 aromatic heterocycles. The Kier molecular flexibility index (Phi) is 5.10. The lowest BCUT2D eigenvalue weighted by Gasteiger charge is -2.14. The standard InChI is InChI=1S/C15H18O6S2/c1-11-12(6-8-22(16,17)18)10-13(7-9-23(19,20)21)15-5-3-2-4-14(11)15/h2-5,10H,6-9H2,1H3,(H,16,17,18)(H,19,20,21). The molecular formula is C15H18O6S2. The summed E-state index contributed by atoms with van der Waals surface area (Å²) in [5, 5.41) is 1.76. The van der Waals surface area contributed by atoms with Crippen LogP contribution >= 0.6 is 0 Å². The molecule has 2 N–H and O–H groups in total. The Labute approximate surface area is 135 Å².